The van der Waals surface area contributed by atoms with Gasteiger partial charge in [-0.3, -0.25) is 0 Å². The second-order valence-corrected chi connectivity index (χ2v) is 7.84. The molecule has 0 spiro atoms. The number of ether oxygens (including phenoxy) is 2. The van der Waals surface area contributed by atoms with Crippen molar-refractivity contribution in [3.63, 3.8) is 0 Å². The topological polar surface area (TPSA) is 43.7 Å². The molecule has 25 heavy (non-hydrogen) atoms. The summed E-state index contributed by atoms with van der Waals surface area (Å²) in [5.74, 6) is 0.706. The predicted octanol–water partition coefficient (Wildman–Crippen LogP) is 5.10. The van der Waals surface area contributed by atoms with Gasteiger partial charge in [0.1, 0.15) is 11.4 Å². The van der Waals surface area contributed by atoms with Gasteiger partial charge < -0.3 is 18.9 Å². The fraction of sp³-hybridized carbons (Fsp3) is 0.500. The van der Waals surface area contributed by atoms with E-state index in [1.165, 1.54) is 0 Å². The van der Waals surface area contributed by atoms with Crippen molar-refractivity contribution in [3.8, 4) is 5.75 Å². The van der Waals surface area contributed by atoms with Gasteiger partial charge in [-0.1, -0.05) is 23.2 Å². The summed E-state index contributed by atoms with van der Waals surface area (Å²) < 4.78 is 13.3. The van der Waals surface area contributed by atoms with Crippen LogP contribution in [0.3, 0.4) is 0 Å². The Morgan fingerprint density at radius 1 is 1.24 bits per heavy atom. The highest BCUT2D eigenvalue weighted by molar-refractivity contribution is 6.45. The van der Waals surface area contributed by atoms with Crippen LogP contribution in [0.4, 0.5) is 4.79 Å². The number of halogens is 2. The van der Waals surface area contributed by atoms with E-state index >= 15 is 0 Å². The molecule has 1 aromatic carbocycles. The van der Waals surface area contributed by atoms with Crippen molar-refractivity contribution in [2.24, 2.45) is 0 Å². The lowest BCUT2D eigenvalue weighted by Crippen LogP contribution is -2.41. The van der Waals surface area contributed by atoms with Crippen molar-refractivity contribution < 1.29 is 14.3 Å². The minimum Gasteiger partial charge on any atom is -0.493 e. The summed E-state index contributed by atoms with van der Waals surface area (Å²) in [5.41, 5.74) is 1.33. The van der Waals surface area contributed by atoms with E-state index in [2.05, 4.69) is 4.57 Å². The number of carbonyl (C=O) groups excluding carboxylic acids is 1. The van der Waals surface area contributed by atoms with E-state index in [1.54, 1.807) is 11.0 Å². The van der Waals surface area contributed by atoms with Crippen molar-refractivity contribution >= 4 is 40.2 Å². The van der Waals surface area contributed by atoms with E-state index in [4.69, 9.17) is 32.7 Å². The Kier molecular flexibility index (Phi) is 4.82. The van der Waals surface area contributed by atoms with Crippen LogP contribution < -0.4 is 4.74 Å². The van der Waals surface area contributed by atoms with Crippen LogP contribution in [0.2, 0.25) is 10.0 Å². The van der Waals surface area contributed by atoms with Crippen LogP contribution in [-0.4, -0.2) is 34.3 Å². The first kappa shape index (κ1) is 18.2. The molecule has 1 aromatic heterocycles. The highest BCUT2D eigenvalue weighted by Gasteiger charge is 2.28. The van der Waals surface area contributed by atoms with Gasteiger partial charge in [0.25, 0.3) is 0 Å². The average molecular weight is 385 g/mol. The molecule has 3 rings (SSSR count). The standard InChI is InChI=1S/C18H22Cl2N2O3/c1-5-24-14-9-13(19)15(20)16-12(14)8-11-10-21(6-7-22(11)16)17(23)25-18(2,3)4/h8-9H,5-7,10H2,1-4H3. The third kappa shape index (κ3) is 3.53. The smallest absolute Gasteiger partial charge is 0.410 e. The highest BCUT2D eigenvalue weighted by atomic mass is 35.5. The normalized spacial score (nSPS) is 14.6. The number of benzene rings is 1. The van der Waals surface area contributed by atoms with Gasteiger partial charge >= 0.3 is 6.09 Å². The monoisotopic (exact) mass is 384 g/mol. The molecular formula is C18H22Cl2N2O3. The lowest BCUT2D eigenvalue weighted by molar-refractivity contribution is 0.0200. The maximum absolute atomic E-state index is 12.4. The fourth-order valence-corrected chi connectivity index (χ4v) is 3.48. The number of hydrogen-bond acceptors (Lipinski definition) is 3. The molecule has 1 amide bonds. The van der Waals surface area contributed by atoms with Crippen LogP contribution in [0.15, 0.2) is 12.1 Å². The van der Waals surface area contributed by atoms with Gasteiger partial charge in [0.2, 0.25) is 0 Å². The van der Waals surface area contributed by atoms with Gasteiger partial charge in [-0.25, -0.2) is 4.79 Å². The largest absolute Gasteiger partial charge is 0.493 e. The molecule has 136 valence electrons. The third-order valence-electron chi connectivity index (χ3n) is 4.02. The summed E-state index contributed by atoms with van der Waals surface area (Å²) in [5, 5.41) is 1.89. The fourth-order valence-electron chi connectivity index (χ4n) is 3.03. The highest BCUT2D eigenvalue weighted by Crippen LogP contribution is 2.40. The summed E-state index contributed by atoms with van der Waals surface area (Å²) in [6.45, 7) is 9.70. The minimum absolute atomic E-state index is 0.307. The van der Waals surface area contributed by atoms with E-state index in [-0.39, 0.29) is 6.09 Å². The van der Waals surface area contributed by atoms with Crippen LogP contribution >= 0.6 is 23.2 Å². The Balaban J connectivity index is 1.99. The molecule has 0 saturated carbocycles. The Bertz CT molecular complexity index is 824. The molecule has 2 heterocycles. The predicted molar refractivity (Wildman–Crippen MR) is 99.8 cm³/mol. The maximum atomic E-state index is 12.4. The van der Waals surface area contributed by atoms with Gasteiger partial charge in [0.05, 0.1) is 28.7 Å². The van der Waals surface area contributed by atoms with Crippen LogP contribution in [0, 0.1) is 0 Å². The van der Waals surface area contributed by atoms with Gasteiger partial charge in [0.15, 0.2) is 0 Å². The first-order valence-corrected chi connectivity index (χ1v) is 9.07. The van der Waals surface area contributed by atoms with Gasteiger partial charge in [0, 0.05) is 30.2 Å². The molecule has 7 heteroatoms. The SMILES string of the molecule is CCOc1cc(Cl)c(Cl)c2c1cc1n2CCN(C(=O)OC(C)(C)C)C1. The van der Waals surface area contributed by atoms with E-state index in [1.807, 2.05) is 33.8 Å². The zero-order valence-corrected chi connectivity index (χ0v) is 16.4. The molecule has 5 nitrogen and oxygen atoms in total. The molecule has 0 unspecified atom stereocenters. The number of hydrogen-bond donors (Lipinski definition) is 0. The van der Waals surface area contributed by atoms with E-state index in [0.29, 0.717) is 42.0 Å². The zero-order chi connectivity index (χ0) is 18.4. The molecule has 0 radical (unpaired) electrons. The molecule has 0 bridgehead atoms. The minimum atomic E-state index is -0.514. The summed E-state index contributed by atoms with van der Waals surface area (Å²) in [7, 11) is 0. The molecule has 0 aliphatic carbocycles. The lowest BCUT2D eigenvalue weighted by Gasteiger charge is -2.31. The van der Waals surface area contributed by atoms with Crippen LogP contribution in [0.25, 0.3) is 10.9 Å². The molecule has 0 saturated heterocycles. The lowest BCUT2D eigenvalue weighted by atomic mass is 10.2. The summed E-state index contributed by atoms with van der Waals surface area (Å²) in [4.78, 5) is 14.1. The van der Waals surface area contributed by atoms with Crippen molar-refractivity contribution in [2.45, 2.75) is 46.4 Å². The summed E-state index contributed by atoms with van der Waals surface area (Å²) in [6.07, 6.45) is -0.307. The number of rotatable bonds is 2. The molecular weight excluding hydrogens is 363 g/mol. The Morgan fingerprint density at radius 2 is 1.96 bits per heavy atom. The van der Waals surface area contributed by atoms with E-state index < -0.39 is 5.60 Å². The Labute approximate surface area is 157 Å². The van der Waals surface area contributed by atoms with Gasteiger partial charge in [-0.05, 0) is 33.8 Å². The summed E-state index contributed by atoms with van der Waals surface area (Å²) >= 11 is 12.7. The Hall–Kier alpha value is -1.59. The van der Waals surface area contributed by atoms with E-state index in [0.717, 1.165) is 16.6 Å². The average Bonchev–Trinajstić information content (AvgIpc) is 2.89. The van der Waals surface area contributed by atoms with Gasteiger partial charge in [-0.2, -0.15) is 0 Å². The second-order valence-electron chi connectivity index (χ2n) is 7.06. The van der Waals surface area contributed by atoms with Crippen molar-refractivity contribution in [3.05, 3.63) is 27.9 Å². The maximum Gasteiger partial charge on any atom is 0.410 e. The first-order valence-electron chi connectivity index (χ1n) is 8.32. The summed E-state index contributed by atoms with van der Waals surface area (Å²) in [6, 6.07) is 3.76. The number of amides is 1. The molecule has 2 aromatic rings. The quantitative estimate of drug-likeness (QED) is 0.723. The Morgan fingerprint density at radius 3 is 2.60 bits per heavy atom. The third-order valence-corrected chi connectivity index (χ3v) is 4.80. The number of carbonyl (C=O) groups is 1. The molecule has 1 aliphatic heterocycles. The number of nitrogens with zero attached hydrogens (tertiary/aromatic N) is 2. The molecule has 1 aliphatic rings. The number of fused-ring (bicyclic) bond motifs is 3. The second kappa shape index (κ2) is 6.61. The molecule has 0 fully saturated rings. The van der Waals surface area contributed by atoms with Crippen LogP contribution in [0.5, 0.6) is 5.75 Å². The van der Waals surface area contributed by atoms with Crippen molar-refractivity contribution in [1.82, 2.24) is 9.47 Å². The van der Waals surface area contributed by atoms with Crippen molar-refractivity contribution in [1.29, 1.82) is 0 Å². The zero-order valence-electron chi connectivity index (χ0n) is 14.9. The van der Waals surface area contributed by atoms with Gasteiger partial charge in [-0.15, -0.1) is 0 Å². The van der Waals surface area contributed by atoms with Crippen molar-refractivity contribution in [2.75, 3.05) is 13.2 Å². The number of aromatic nitrogens is 1. The first-order chi connectivity index (χ1) is 11.7. The molecule has 0 N–H and O–H groups in total. The van der Waals surface area contributed by atoms with Crippen LogP contribution in [0.1, 0.15) is 33.4 Å². The molecule has 0 atom stereocenters. The van der Waals surface area contributed by atoms with Crippen LogP contribution in [-0.2, 0) is 17.8 Å². The van der Waals surface area contributed by atoms with E-state index in [9.17, 15) is 4.79 Å².